The van der Waals surface area contributed by atoms with Crippen molar-refractivity contribution >= 4 is 28.9 Å². The van der Waals surface area contributed by atoms with Gasteiger partial charge in [-0.1, -0.05) is 25.4 Å². The smallest absolute Gasteiger partial charge is 0.250 e. The van der Waals surface area contributed by atoms with Crippen LogP contribution < -0.4 is 16.4 Å². The van der Waals surface area contributed by atoms with Crippen LogP contribution in [0.4, 0.5) is 11.4 Å². The zero-order valence-electron chi connectivity index (χ0n) is 11.4. The third kappa shape index (κ3) is 2.95. The molecule has 0 aromatic heterocycles. The van der Waals surface area contributed by atoms with Crippen LogP contribution in [0.5, 0.6) is 0 Å². The van der Waals surface area contributed by atoms with Crippen LogP contribution >= 0.6 is 11.6 Å². The molecule has 1 saturated heterocycles. The molecule has 1 amide bonds. The van der Waals surface area contributed by atoms with Gasteiger partial charge in [0.05, 0.1) is 16.3 Å². The Hall–Kier alpha value is -1.42. The lowest BCUT2D eigenvalue weighted by Gasteiger charge is -2.40. The lowest BCUT2D eigenvalue weighted by Crippen LogP contribution is -2.41. The van der Waals surface area contributed by atoms with E-state index in [1.165, 1.54) is 6.42 Å². The summed E-state index contributed by atoms with van der Waals surface area (Å²) in [6, 6.07) is 3.27. The van der Waals surface area contributed by atoms with Gasteiger partial charge in [0.25, 0.3) is 5.91 Å². The normalized spacial score (nSPS) is 18.4. The van der Waals surface area contributed by atoms with Crippen LogP contribution in [0.25, 0.3) is 0 Å². The molecule has 0 saturated carbocycles. The Morgan fingerprint density at radius 2 is 2.11 bits per heavy atom. The van der Waals surface area contributed by atoms with E-state index < -0.39 is 5.91 Å². The highest BCUT2D eigenvalue weighted by Crippen LogP contribution is 2.38. The van der Waals surface area contributed by atoms with Crippen LogP contribution in [0.1, 0.15) is 37.0 Å². The SMILES string of the molecule is CC1(C)CCCN(c2c(Cl)cc(N)cc2C(N)=O)C1. The molecule has 104 valence electrons. The zero-order valence-corrected chi connectivity index (χ0v) is 12.1. The first kappa shape index (κ1) is 14.0. The quantitative estimate of drug-likeness (QED) is 0.819. The van der Waals surface area contributed by atoms with E-state index in [0.717, 1.165) is 25.2 Å². The maximum Gasteiger partial charge on any atom is 0.250 e. The first-order valence-electron chi connectivity index (χ1n) is 6.44. The van der Waals surface area contributed by atoms with Gasteiger partial charge in [0.1, 0.15) is 0 Å². The summed E-state index contributed by atoms with van der Waals surface area (Å²) in [5, 5.41) is 0.492. The maximum absolute atomic E-state index is 11.6. The van der Waals surface area contributed by atoms with Crippen LogP contribution in [-0.4, -0.2) is 19.0 Å². The molecule has 19 heavy (non-hydrogen) atoms. The summed E-state index contributed by atoms with van der Waals surface area (Å²) in [7, 11) is 0. The summed E-state index contributed by atoms with van der Waals surface area (Å²) in [5.74, 6) is -0.493. The number of nitrogens with two attached hydrogens (primary N) is 2. The molecule has 0 aliphatic carbocycles. The van der Waals surface area contributed by atoms with E-state index in [1.807, 2.05) is 0 Å². The van der Waals surface area contributed by atoms with Crippen molar-refractivity contribution in [2.24, 2.45) is 11.1 Å². The maximum atomic E-state index is 11.6. The van der Waals surface area contributed by atoms with E-state index in [-0.39, 0.29) is 5.41 Å². The summed E-state index contributed by atoms with van der Waals surface area (Å²) in [6.45, 7) is 6.17. The Morgan fingerprint density at radius 3 is 2.68 bits per heavy atom. The molecule has 2 rings (SSSR count). The van der Waals surface area contributed by atoms with Crippen LogP contribution in [0.2, 0.25) is 5.02 Å². The number of amides is 1. The fraction of sp³-hybridized carbons (Fsp3) is 0.500. The van der Waals surface area contributed by atoms with Gasteiger partial charge in [-0.15, -0.1) is 0 Å². The van der Waals surface area contributed by atoms with Crippen LogP contribution in [-0.2, 0) is 0 Å². The molecular formula is C14H20ClN3O. The van der Waals surface area contributed by atoms with Gasteiger partial charge in [0.2, 0.25) is 0 Å². The Labute approximate surface area is 118 Å². The molecule has 1 fully saturated rings. The van der Waals surface area contributed by atoms with E-state index in [0.29, 0.717) is 16.3 Å². The van der Waals surface area contributed by atoms with E-state index in [9.17, 15) is 4.79 Å². The molecule has 1 aromatic rings. The second-order valence-electron chi connectivity index (χ2n) is 5.95. The molecular weight excluding hydrogens is 262 g/mol. The number of anilines is 2. The summed E-state index contributed by atoms with van der Waals surface area (Å²) in [6.07, 6.45) is 2.24. The molecule has 5 heteroatoms. The molecule has 1 heterocycles. The van der Waals surface area contributed by atoms with Crippen molar-refractivity contribution in [1.82, 2.24) is 0 Å². The van der Waals surface area contributed by atoms with Gasteiger partial charge in [-0.05, 0) is 30.4 Å². The summed E-state index contributed by atoms with van der Waals surface area (Å²) >= 11 is 6.28. The first-order valence-corrected chi connectivity index (χ1v) is 6.82. The predicted molar refractivity (Wildman–Crippen MR) is 79.6 cm³/mol. The highest BCUT2D eigenvalue weighted by atomic mass is 35.5. The van der Waals surface area contributed by atoms with Gasteiger partial charge in [0.15, 0.2) is 0 Å². The van der Waals surface area contributed by atoms with Gasteiger partial charge in [0, 0.05) is 18.8 Å². The minimum atomic E-state index is -0.493. The lowest BCUT2D eigenvalue weighted by atomic mass is 9.84. The topological polar surface area (TPSA) is 72.3 Å². The second kappa shape index (κ2) is 4.93. The number of carbonyl (C=O) groups is 1. The fourth-order valence-corrected chi connectivity index (χ4v) is 3.09. The van der Waals surface area contributed by atoms with E-state index in [2.05, 4.69) is 18.7 Å². The van der Waals surface area contributed by atoms with Crippen molar-refractivity contribution in [3.63, 3.8) is 0 Å². The van der Waals surface area contributed by atoms with E-state index >= 15 is 0 Å². The molecule has 1 aliphatic rings. The largest absolute Gasteiger partial charge is 0.399 e. The fourth-order valence-electron chi connectivity index (χ4n) is 2.74. The van der Waals surface area contributed by atoms with Gasteiger partial charge >= 0.3 is 0 Å². The monoisotopic (exact) mass is 281 g/mol. The molecule has 0 spiro atoms. The number of carbonyl (C=O) groups excluding carboxylic acids is 1. The van der Waals surface area contributed by atoms with Crippen molar-refractivity contribution in [1.29, 1.82) is 0 Å². The van der Waals surface area contributed by atoms with Crippen molar-refractivity contribution in [3.8, 4) is 0 Å². The van der Waals surface area contributed by atoms with Crippen molar-refractivity contribution in [3.05, 3.63) is 22.7 Å². The van der Waals surface area contributed by atoms with E-state index in [4.69, 9.17) is 23.1 Å². The third-order valence-corrected chi connectivity index (χ3v) is 3.86. The van der Waals surface area contributed by atoms with Crippen molar-refractivity contribution in [2.75, 3.05) is 23.7 Å². The van der Waals surface area contributed by atoms with Gasteiger partial charge in [-0.25, -0.2) is 0 Å². The molecule has 0 radical (unpaired) electrons. The predicted octanol–water partition coefficient (Wildman–Crippen LogP) is 2.65. The molecule has 1 aromatic carbocycles. The molecule has 0 unspecified atom stereocenters. The number of nitrogens with zero attached hydrogens (tertiary/aromatic N) is 1. The first-order chi connectivity index (χ1) is 8.80. The molecule has 0 atom stereocenters. The van der Waals surface area contributed by atoms with Crippen LogP contribution in [0, 0.1) is 5.41 Å². The molecule has 4 nitrogen and oxygen atoms in total. The van der Waals surface area contributed by atoms with Crippen molar-refractivity contribution in [2.45, 2.75) is 26.7 Å². The number of rotatable bonds is 2. The number of nitrogen functional groups attached to an aromatic ring is 1. The van der Waals surface area contributed by atoms with Crippen LogP contribution in [0.15, 0.2) is 12.1 Å². The average Bonchev–Trinajstić information content (AvgIpc) is 2.26. The Balaban J connectivity index is 2.46. The minimum Gasteiger partial charge on any atom is -0.399 e. The van der Waals surface area contributed by atoms with Gasteiger partial charge in [-0.3, -0.25) is 4.79 Å². The highest BCUT2D eigenvalue weighted by Gasteiger charge is 2.29. The Bertz CT molecular complexity index is 514. The number of primary amides is 1. The highest BCUT2D eigenvalue weighted by molar-refractivity contribution is 6.34. The van der Waals surface area contributed by atoms with Gasteiger partial charge < -0.3 is 16.4 Å². The summed E-state index contributed by atoms with van der Waals surface area (Å²) in [5.41, 5.74) is 13.0. The van der Waals surface area contributed by atoms with Crippen molar-refractivity contribution < 1.29 is 4.79 Å². The zero-order chi connectivity index (χ0) is 14.2. The summed E-state index contributed by atoms with van der Waals surface area (Å²) < 4.78 is 0. The lowest BCUT2D eigenvalue weighted by molar-refractivity contribution is 0.100. The Morgan fingerprint density at radius 1 is 1.42 bits per heavy atom. The molecule has 1 aliphatic heterocycles. The standard InChI is InChI=1S/C14H20ClN3O/c1-14(2)4-3-5-18(8-14)12-10(13(17)19)6-9(16)7-11(12)15/h6-7H,3-5,8,16H2,1-2H3,(H2,17,19). The van der Waals surface area contributed by atoms with Crippen LogP contribution in [0.3, 0.4) is 0 Å². The number of hydrogen-bond acceptors (Lipinski definition) is 3. The summed E-state index contributed by atoms with van der Waals surface area (Å²) in [4.78, 5) is 13.8. The number of hydrogen-bond donors (Lipinski definition) is 2. The molecule has 4 N–H and O–H groups in total. The average molecular weight is 282 g/mol. The Kier molecular flexibility index (Phi) is 3.63. The minimum absolute atomic E-state index is 0.206. The second-order valence-corrected chi connectivity index (χ2v) is 6.36. The number of halogens is 1. The number of piperidine rings is 1. The molecule has 0 bridgehead atoms. The third-order valence-electron chi connectivity index (χ3n) is 3.57. The van der Waals surface area contributed by atoms with E-state index in [1.54, 1.807) is 12.1 Å². The van der Waals surface area contributed by atoms with Gasteiger partial charge in [-0.2, -0.15) is 0 Å². The number of benzene rings is 1.